The maximum Gasteiger partial charge on any atom is 0.324 e. The quantitative estimate of drug-likeness (QED) is 0.526. The molecule has 0 bridgehead atoms. The van der Waals surface area contributed by atoms with E-state index in [9.17, 15) is 4.79 Å². The van der Waals surface area contributed by atoms with E-state index in [0.29, 0.717) is 0 Å². The van der Waals surface area contributed by atoms with Gasteiger partial charge >= 0.3 is 5.97 Å². The number of hydrogen-bond donors (Lipinski definition) is 4. The zero-order valence-corrected chi connectivity index (χ0v) is 7.68. The van der Waals surface area contributed by atoms with Crippen LogP contribution in [0.1, 0.15) is 13.8 Å². The monoisotopic (exact) mass is 185 g/mol. The lowest BCUT2D eigenvalue weighted by Gasteiger charge is -2.28. The van der Waals surface area contributed by atoms with Crippen molar-refractivity contribution >= 4 is 16.7 Å². The number of carboxylic acids is 1. The Kier molecular flexibility index (Phi) is 7.75. The molecule has 5 nitrogen and oxygen atoms in total. The molecule has 70 valence electrons. The van der Waals surface area contributed by atoms with Crippen molar-refractivity contribution < 1.29 is 19.0 Å². The lowest BCUT2D eigenvalue weighted by Crippen LogP contribution is -2.22. The van der Waals surface area contributed by atoms with E-state index in [1.807, 2.05) is 13.8 Å². The third kappa shape index (κ3) is 9.70. The standard InChI is InChI=1S/C3H9NO4S.C2H6/c1-4-9(7,8)2-3(5)6;1-2/h4,7-8H,2H2,1H3,(H,5,6);1-2H3. The lowest BCUT2D eigenvalue weighted by atomic mass is 10.8. The number of aliphatic carboxylic acids is 1. The fraction of sp³-hybridized carbons (Fsp3) is 0.800. The summed E-state index contributed by atoms with van der Waals surface area (Å²) in [5, 5.41) is 8.04. The second-order valence-electron chi connectivity index (χ2n) is 1.41. The maximum atomic E-state index is 9.83. The van der Waals surface area contributed by atoms with Crippen LogP contribution in [0.3, 0.4) is 0 Å². The molecule has 0 saturated carbocycles. The van der Waals surface area contributed by atoms with Gasteiger partial charge in [-0.1, -0.05) is 13.8 Å². The van der Waals surface area contributed by atoms with E-state index < -0.39 is 22.5 Å². The minimum Gasteiger partial charge on any atom is -0.480 e. The van der Waals surface area contributed by atoms with E-state index in [1.165, 1.54) is 7.05 Å². The van der Waals surface area contributed by atoms with Gasteiger partial charge in [0.2, 0.25) is 0 Å². The zero-order chi connectivity index (χ0) is 9.49. The van der Waals surface area contributed by atoms with Crippen LogP contribution in [0.2, 0.25) is 0 Å². The van der Waals surface area contributed by atoms with Crippen molar-refractivity contribution in [3.63, 3.8) is 0 Å². The molecule has 0 aromatic heterocycles. The highest BCUT2D eigenvalue weighted by Gasteiger charge is 2.12. The fourth-order valence-corrected chi connectivity index (χ4v) is 0.733. The predicted octanol–water partition coefficient (Wildman–Crippen LogP) is 0.982. The summed E-state index contributed by atoms with van der Waals surface area (Å²) in [5.74, 6) is -1.88. The van der Waals surface area contributed by atoms with Crippen LogP contribution in [0.4, 0.5) is 0 Å². The van der Waals surface area contributed by atoms with Gasteiger partial charge in [0.25, 0.3) is 0 Å². The van der Waals surface area contributed by atoms with E-state index in [1.54, 1.807) is 0 Å². The highest BCUT2D eigenvalue weighted by atomic mass is 32.3. The highest BCUT2D eigenvalue weighted by Crippen LogP contribution is 2.30. The Hall–Kier alpha value is -0.300. The lowest BCUT2D eigenvalue weighted by molar-refractivity contribution is -0.134. The molecular weight excluding hydrogens is 170 g/mol. The Bertz CT molecular complexity index is 117. The summed E-state index contributed by atoms with van der Waals surface area (Å²) >= 11 is 0. The topological polar surface area (TPSA) is 89.8 Å². The molecule has 0 aliphatic rings. The maximum absolute atomic E-state index is 9.83. The molecule has 0 rings (SSSR count). The highest BCUT2D eigenvalue weighted by molar-refractivity contribution is 8.23. The first kappa shape index (κ1) is 13.3. The number of nitrogens with one attached hydrogen (secondary N) is 1. The van der Waals surface area contributed by atoms with Gasteiger partial charge in [-0.15, -0.1) is 10.8 Å². The van der Waals surface area contributed by atoms with Gasteiger partial charge in [-0.05, 0) is 0 Å². The third-order valence-electron chi connectivity index (χ3n) is 0.652. The van der Waals surface area contributed by atoms with Gasteiger partial charge in [0.15, 0.2) is 5.75 Å². The molecule has 0 aromatic carbocycles. The molecule has 4 N–H and O–H groups in total. The van der Waals surface area contributed by atoms with Crippen LogP contribution in [-0.2, 0) is 4.79 Å². The normalized spacial score (nSPS) is 11.4. The van der Waals surface area contributed by atoms with Crippen LogP contribution in [-0.4, -0.2) is 33.0 Å². The molecule has 0 fully saturated rings. The molecule has 0 unspecified atom stereocenters. The van der Waals surface area contributed by atoms with Gasteiger partial charge in [-0.3, -0.25) is 13.9 Å². The van der Waals surface area contributed by atoms with E-state index in [2.05, 4.69) is 4.72 Å². The molecule has 0 spiro atoms. The number of carboxylic acid groups (broad SMARTS) is 1. The first-order valence-corrected chi connectivity index (χ1v) is 4.86. The first-order valence-electron chi connectivity index (χ1n) is 3.14. The van der Waals surface area contributed by atoms with E-state index >= 15 is 0 Å². The van der Waals surface area contributed by atoms with Crippen molar-refractivity contribution in [3.05, 3.63) is 0 Å². The molecule has 0 heterocycles. The Balaban J connectivity index is 0. The Morgan fingerprint density at radius 2 is 1.82 bits per heavy atom. The average molecular weight is 185 g/mol. The van der Waals surface area contributed by atoms with E-state index in [-0.39, 0.29) is 0 Å². The van der Waals surface area contributed by atoms with Crippen LogP contribution < -0.4 is 4.72 Å². The summed E-state index contributed by atoms with van der Waals surface area (Å²) < 4.78 is 19.4. The predicted molar refractivity (Wildman–Crippen MR) is 45.8 cm³/mol. The Labute approximate surface area is 67.9 Å². The summed E-state index contributed by atoms with van der Waals surface area (Å²) in [6.45, 7) is 4.00. The van der Waals surface area contributed by atoms with Crippen LogP contribution >= 0.6 is 10.8 Å². The molecule has 6 heteroatoms. The minimum atomic E-state index is -3.07. The molecule has 0 atom stereocenters. The Morgan fingerprint density at radius 1 is 1.45 bits per heavy atom. The van der Waals surface area contributed by atoms with Gasteiger partial charge in [0.1, 0.15) is 0 Å². The summed E-state index contributed by atoms with van der Waals surface area (Å²) in [6, 6.07) is 0. The number of rotatable bonds is 3. The van der Waals surface area contributed by atoms with Gasteiger partial charge in [-0.2, -0.15) is 0 Å². The van der Waals surface area contributed by atoms with E-state index in [0.717, 1.165) is 0 Å². The molecule has 0 aliphatic carbocycles. The third-order valence-corrected chi connectivity index (χ3v) is 1.95. The molecule has 0 aromatic rings. The average Bonchev–Trinajstić information content (AvgIpc) is 1.90. The zero-order valence-electron chi connectivity index (χ0n) is 6.87. The van der Waals surface area contributed by atoms with Crippen LogP contribution in [0.5, 0.6) is 0 Å². The summed E-state index contributed by atoms with van der Waals surface area (Å²) in [5.41, 5.74) is 0. The largest absolute Gasteiger partial charge is 0.480 e. The van der Waals surface area contributed by atoms with Gasteiger partial charge < -0.3 is 5.11 Å². The van der Waals surface area contributed by atoms with Crippen molar-refractivity contribution in [2.45, 2.75) is 13.8 Å². The molecule has 0 radical (unpaired) electrons. The van der Waals surface area contributed by atoms with Gasteiger partial charge in [0.05, 0.1) is 0 Å². The molecular formula is C5H15NO4S. The van der Waals surface area contributed by atoms with Crippen LogP contribution in [0, 0.1) is 0 Å². The van der Waals surface area contributed by atoms with Crippen molar-refractivity contribution in [2.24, 2.45) is 0 Å². The second kappa shape index (κ2) is 6.41. The molecule has 11 heavy (non-hydrogen) atoms. The fourth-order valence-electron chi connectivity index (χ4n) is 0.244. The SMILES string of the molecule is CC.CNS(O)(O)CC(=O)O. The minimum absolute atomic E-state index is 0.649. The van der Waals surface area contributed by atoms with Crippen LogP contribution in [0.15, 0.2) is 0 Å². The summed E-state index contributed by atoms with van der Waals surface area (Å²) in [6.07, 6.45) is 0. The van der Waals surface area contributed by atoms with Gasteiger partial charge in [-0.25, -0.2) is 4.72 Å². The molecule has 0 saturated heterocycles. The van der Waals surface area contributed by atoms with Gasteiger partial charge in [0, 0.05) is 7.05 Å². The van der Waals surface area contributed by atoms with Crippen molar-refractivity contribution in [1.82, 2.24) is 4.72 Å². The molecule has 0 amide bonds. The van der Waals surface area contributed by atoms with Crippen LogP contribution in [0.25, 0.3) is 0 Å². The molecule has 0 aliphatic heterocycles. The first-order chi connectivity index (χ1) is 4.98. The van der Waals surface area contributed by atoms with E-state index in [4.69, 9.17) is 14.2 Å². The van der Waals surface area contributed by atoms with Crippen molar-refractivity contribution in [2.75, 3.05) is 12.8 Å². The Morgan fingerprint density at radius 3 is 1.91 bits per heavy atom. The second-order valence-corrected chi connectivity index (χ2v) is 3.44. The van der Waals surface area contributed by atoms with Crippen molar-refractivity contribution in [1.29, 1.82) is 0 Å². The van der Waals surface area contributed by atoms with Crippen molar-refractivity contribution in [3.8, 4) is 0 Å². The number of carbonyl (C=O) groups is 1. The smallest absolute Gasteiger partial charge is 0.324 e. The summed E-state index contributed by atoms with van der Waals surface area (Å²) in [7, 11) is -1.78. The summed E-state index contributed by atoms with van der Waals surface area (Å²) in [4.78, 5) is 9.83. The number of hydrogen-bond acceptors (Lipinski definition) is 4.